The Bertz CT molecular complexity index is 952. The van der Waals surface area contributed by atoms with E-state index in [1.807, 2.05) is 61.3 Å². The SMILES string of the molecule is CCOc1ccc(NC(=O)c2csc(-c3ccc(N4CCSCC4)nc3)n2)cc1. The minimum atomic E-state index is -0.230. The molecule has 1 aromatic carbocycles. The van der Waals surface area contributed by atoms with Gasteiger partial charge in [-0.05, 0) is 43.3 Å². The summed E-state index contributed by atoms with van der Waals surface area (Å²) >= 11 is 3.42. The predicted octanol–water partition coefficient (Wildman–Crippen LogP) is 4.41. The fourth-order valence-electron chi connectivity index (χ4n) is 3.00. The lowest BCUT2D eigenvalue weighted by atomic mass is 10.3. The molecule has 3 heterocycles. The average molecular weight is 427 g/mol. The van der Waals surface area contributed by atoms with Crippen LogP contribution in [0.15, 0.2) is 48.0 Å². The summed E-state index contributed by atoms with van der Waals surface area (Å²) in [6, 6.07) is 11.4. The summed E-state index contributed by atoms with van der Waals surface area (Å²) in [5.41, 5.74) is 2.03. The van der Waals surface area contributed by atoms with E-state index in [-0.39, 0.29) is 5.91 Å². The van der Waals surface area contributed by atoms with Crippen molar-refractivity contribution in [2.24, 2.45) is 0 Å². The summed E-state index contributed by atoms with van der Waals surface area (Å²) in [5.74, 6) is 3.83. The van der Waals surface area contributed by atoms with Crippen molar-refractivity contribution < 1.29 is 9.53 Å². The first kappa shape index (κ1) is 19.7. The summed E-state index contributed by atoms with van der Waals surface area (Å²) in [5, 5.41) is 5.43. The summed E-state index contributed by atoms with van der Waals surface area (Å²) in [4.78, 5) is 23.9. The zero-order chi connectivity index (χ0) is 20.1. The molecule has 0 radical (unpaired) electrons. The molecule has 0 bridgehead atoms. The number of nitrogens with zero attached hydrogens (tertiary/aromatic N) is 3. The number of pyridine rings is 1. The van der Waals surface area contributed by atoms with Gasteiger partial charge in [0.25, 0.3) is 5.91 Å². The number of aromatic nitrogens is 2. The summed E-state index contributed by atoms with van der Waals surface area (Å²) < 4.78 is 5.42. The van der Waals surface area contributed by atoms with Crippen molar-refractivity contribution in [3.8, 4) is 16.3 Å². The third-order valence-corrected chi connectivity index (χ3v) is 6.32. The number of anilines is 2. The van der Waals surface area contributed by atoms with E-state index in [0.29, 0.717) is 18.0 Å². The van der Waals surface area contributed by atoms with E-state index >= 15 is 0 Å². The summed E-state index contributed by atoms with van der Waals surface area (Å²) in [6.07, 6.45) is 1.84. The minimum Gasteiger partial charge on any atom is -0.494 e. The van der Waals surface area contributed by atoms with Crippen LogP contribution in [0.2, 0.25) is 0 Å². The third kappa shape index (κ3) is 4.89. The van der Waals surface area contributed by atoms with Gasteiger partial charge in [-0.1, -0.05) is 0 Å². The van der Waals surface area contributed by atoms with E-state index < -0.39 is 0 Å². The molecular formula is C21H22N4O2S2. The molecule has 4 rings (SSSR count). The Morgan fingerprint density at radius 1 is 1.17 bits per heavy atom. The van der Waals surface area contributed by atoms with Crippen LogP contribution in [0.5, 0.6) is 5.75 Å². The number of hydrogen-bond acceptors (Lipinski definition) is 7. The first-order chi connectivity index (χ1) is 14.2. The molecule has 3 aromatic rings. The third-order valence-electron chi connectivity index (χ3n) is 4.49. The second-order valence-corrected chi connectivity index (χ2v) is 8.54. The van der Waals surface area contributed by atoms with Crippen LogP contribution >= 0.6 is 23.1 Å². The van der Waals surface area contributed by atoms with Crippen LogP contribution in [0.4, 0.5) is 11.5 Å². The molecular weight excluding hydrogens is 404 g/mol. The number of ether oxygens (including phenoxy) is 1. The highest BCUT2D eigenvalue weighted by Crippen LogP contribution is 2.26. The monoisotopic (exact) mass is 426 g/mol. The van der Waals surface area contributed by atoms with Crippen molar-refractivity contribution in [2.75, 3.05) is 41.4 Å². The average Bonchev–Trinajstić information content (AvgIpc) is 3.27. The molecule has 0 spiro atoms. The van der Waals surface area contributed by atoms with Crippen molar-refractivity contribution in [1.29, 1.82) is 0 Å². The van der Waals surface area contributed by atoms with E-state index in [1.54, 1.807) is 5.38 Å². The van der Waals surface area contributed by atoms with E-state index in [1.165, 1.54) is 11.3 Å². The maximum atomic E-state index is 12.5. The van der Waals surface area contributed by atoms with Gasteiger partial charge >= 0.3 is 0 Å². The number of thiazole rings is 1. The van der Waals surface area contributed by atoms with Gasteiger partial charge in [0.1, 0.15) is 22.3 Å². The second-order valence-electron chi connectivity index (χ2n) is 6.45. The van der Waals surface area contributed by atoms with Gasteiger partial charge in [0.05, 0.1) is 6.61 Å². The Hall–Kier alpha value is -2.58. The predicted molar refractivity (Wildman–Crippen MR) is 120 cm³/mol. The summed E-state index contributed by atoms with van der Waals surface area (Å²) in [6.45, 7) is 4.61. The second kappa shape index (κ2) is 9.28. The quantitative estimate of drug-likeness (QED) is 0.630. The van der Waals surface area contributed by atoms with Crippen molar-refractivity contribution in [3.05, 3.63) is 53.7 Å². The number of carbonyl (C=O) groups excluding carboxylic acids is 1. The van der Waals surface area contributed by atoms with Crippen LogP contribution in [0.25, 0.3) is 10.6 Å². The number of benzene rings is 1. The minimum absolute atomic E-state index is 0.230. The molecule has 1 aliphatic heterocycles. The van der Waals surface area contributed by atoms with Gasteiger partial charge in [-0.25, -0.2) is 9.97 Å². The van der Waals surface area contributed by atoms with E-state index in [9.17, 15) is 4.79 Å². The lowest BCUT2D eigenvalue weighted by Gasteiger charge is -2.27. The molecule has 6 nitrogen and oxygen atoms in total. The molecule has 0 aliphatic carbocycles. The number of carbonyl (C=O) groups is 1. The maximum Gasteiger partial charge on any atom is 0.275 e. The first-order valence-corrected chi connectivity index (χ1v) is 11.6. The fourth-order valence-corrected chi connectivity index (χ4v) is 4.69. The highest BCUT2D eigenvalue weighted by Gasteiger charge is 2.15. The molecule has 1 saturated heterocycles. The van der Waals surface area contributed by atoms with E-state index in [4.69, 9.17) is 4.74 Å². The van der Waals surface area contributed by atoms with Gasteiger partial charge < -0.3 is 15.0 Å². The zero-order valence-corrected chi connectivity index (χ0v) is 17.8. The zero-order valence-electron chi connectivity index (χ0n) is 16.1. The number of amides is 1. The van der Waals surface area contributed by atoms with Crippen LogP contribution in [0, 0.1) is 0 Å². The van der Waals surface area contributed by atoms with Crippen LogP contribution < -0.4 is 15.0 Å². The van der Waals surface area contributed by atoms with Gasteiger partial charge in [-0.2, -0.15) is 11.8 Å². The highest BCUT2D eigenvalue weighted by atomic mass is 32.2. The van der Waals surface area contributed by atoms with Gasteiger partial charge in [0, 0.05) is 47.4 Å². The smallest absolute Gasteiger partial charge is 0.275 e. The van der Waals surface area contributed by atoms with E-state index in [2.05, 4.69) is 20.2 Å². The van der Waals surface area contributed by atoms with Gasteiger partial charge in [-0.15, -0.1) is 11.3 Å². The molecule has 8 heteroatoms. The van der Waals surface area contributed by atoms with E-state index in [0.717, 1.165) is 46.7 Å². The molecule has 0 saturated carbocycles. The Labute approximate surface area is 178 Å². The molecule has 1 fully saturated rings. The van der Waals surface area contributed by atoms with Crippen LogP contribution in [-0.4, -0.2) is 47.1 Å². The van der Waals surface area contributed by atoms with Gasteiger partial charge in [0.15, 0.2) is 0 Å². The van der Waals surface area contributed by atoms with Crippen molar-refractivity contribution in [1.82, 2.24) is 9.97 Å². The Kier molecular flexibility index (Phi) is 6.31. The lowest BCUT2D eigenvalue weighted by molar-refractivity contribution is 0.102. The molecule has 150 valence electrons. The number of rotatable bonds is 6. The molecule has 1 aliphatic rings. The topological polar surface area (TPSA) is 67.3 Å². The highest BCUT2D eigenvalue weighted by molar-refractivity contribution is 7.99. The van der Waals surface area contributed by atoms with Crippen molar-refractivity contribution >= 4 is 40.5 Å². The van der Waals surface area contributed by atoms with Gasteiger partial charge in [-0.3, -0.25) is 4.79 Å². The molecule has 29 heavy (non-hydrogen) atoms. The fraction of sp³-hybridized carbons (Fsp3) is 0.286. The van der Waals surface area contributed by atoms with Gasteiger partial charge in [0.2, 0.25) is 0 Å². The Balaban J connectivity index is 1.41. The van der Waals surface area contributed by atoms with Crippen molar-refractivity contribution in [3.63, 3.8) is 0 Å². The summed E-state index contributed by atoms with van der Waals surface area (Å²) in [7, 11) is 0. The number of thioether (sulfide) groups is 1. The molecule has 0 unspecified atom stereocenters. The Morgan fingerprint density at radius 3 is 2.66 bits per heavy atom. The van der Waals surface area contributed by atoms with Crippen LogP contribution in [0.1, 0.15) is 17.4 Å². The molecule has 1 amide bonds. The normalized spacial score (nSPS) is 13.9. The number of hydrogen-bond donors (Lipinski definition) is 1. The largest absolute Gasteiger partial charge is 0.494 e. The standard InChI is InChI=1S/C21H22N4O2S2/c1-2-27-17-6-4-16(5-7-17)23-20(26)18-14-29-21(24-18)15-3-8-19(22-13-15)25-9-11-28-12-10-25/h3-8,13-14H,2,9-12H2,1H3,(H,23,26). The lowest BCUT2D eigenvalue weighted by Crippen LogP contribution is -2.32. The maximum absolute atomic E-state index is 12.5. The first-order valence-electron chi connectivity index (χ1n) is 9.52. The van der Waals surface area contributed by atoms with Crippen molar-refractivity contribution in [2.45, 2.75) is 6.92 Å². The van der Waals surface area contributed by atoms with Crippen LogP contribution in [0.3, 0.4) is 0 Å². The molecule has 1 N–H and O–H groups in total. The van der Waals surface area contributed by atoms with Crippen LogP contribution in [-0.2, 0) is 0 Å². The Morgan fingerprint density at radius 2 is 1.97 bits per heavy atom. The molecule has 2 aromatic heterocycles. The molecule has 0 atom stereocenters. The number of nitrogens with one attached hydrogen (secondary N) is 1.